The monoisotopic (exact) mass is 415 g/mol. The van der Waals surface area contributed by atoms with Crippen LogP contribution in [0.15, 0.2) is 23.6 Å². The Balaban J connectivity index is 1.46. The molecule has 2 aliphatic heterocycles. The van der Waals surface area contributed by atoms with E-state index in [1.54, 1.807) is 34.8 Å². The summed E-state index contributed by atoms with van der Waals surface area (Å²) in [4.78, 5) is 38.0. The molecule has 11 nitrogen and oxygen atoms in total. The van der Waals surface area contributed by atoms with Crippen molar-refractivity contribution in [3.05, 3.63) is 35.4 Å². The number of nitrogens with one attached hydrogen (secondary N) is 1. The second-order valence-electron chi connectivity index (χ2n) is 7.74. The highest BCUT2D eigenvalue weighted by Crippen LogP contribution is 2.42. The summed E-state index contributed by atoms with van der Waals surface area (Å²) in [5.41, 5.74) is 5.60. The highest BCUT2D eigenvalue weighted by molar-refractivity contribution is 5.94. The smallest absolute Gasteiger partial charge is 0.332 e. The normalized spacial score (nSPS) is 20.6. The Bertz CT molecular complexity index is 1000. The first-order chi connectivity index (χ1) is 14.3. The molecule has 2 aromatic heterocycles. The molecule has 30 heavy (non-hydrogen) atoms. The first-order valence-electron chi connectivity index (χ1n) is 9.80. The van der Waals surface area contributed by atoms with Gasteiger partial charge in [0.2, 0.25) is 0 Å². The topological polar surface area (TPSA) is 101 Å². The number of amidine groups is 1. The number of hydrogen-bond acceptors (Lipinski definition) is 5. The van der Waals surface area contributed by atoms with Gasteiger partial charge < -0.3 is 14.6 Å². The number of aryl methyl sites for hydroxylation is 4. The highest BCUT2D eigenvalue weighted by atomic mass is 16.7. The van der Waals surface area contributed by atoms with Gasteiger partial charge >= 0.3 is 12.0 Å². The summed E-state index contributed by atoms with van der Waals surface area (Å²) in [6.07, 6.45) is 6.52. The second kappa shape index (κ2) is 7.47. The molecular formula is C19H27N8O3+. The molecule has 0 spiro atoms. The Morgan fingerprint density at radius 1 is 1.40 bits per heavy atom. The number of carbonyl (C=O) groups excluding carboxylic acids is 2. The highest BCUT2D eigenvalue weighted by Gasteiger charge is 2.49. The lowest BCUT2D eigenvalue weighted by molar-refractivity contribution is -0.751. The van der Waals surface area contributed by atoms with Crippen molar-refractivity contribution in [2.75, 3.05) is 20.6 Å². The van der Waals surface area contributed by atoms with Gasteiger partial charge in [0, 0.05) is 38.8 Å². The Morgan fingerprint density at radius 2 is 2.17 bits per heavy atom. The standard InChI is InChI=1S/C19H27N8O3/c1-20-18(22-30-15(28)7-6-12-9-23(2)24(3)10-12)17-16-13(8-21-26(16)5)14-11-27(17)19(29)25(14)4/h8-10,14,17H,6-7,11H2,1-5H3,(H,20,22)/q+1/t14-,17-/m0/s1. The van der Waals surface area contributed by atoms with E-state index in [2.05, 4.69) is 15.6 Å². The maximum Gasteiger partial charge on any atom is 0.332 e. The summed E-state index contributed by atoms with van der Waals surface area (Å²) in [6.45, 7) is 0.540. The minimum absolute atomic E-state index is 0.0368. The summed E-state index contributed by atoms with van der Waals surface area (Å²) in [6, 6.07) is -0.620. The zero-order valence-corrected chi connectivity index (χ0v) is 17.9. The van der Waals surface area contributed by atoms with Crippen molar-refractivity contribution in [3.8, 4) is 0 Å². The number of fused-ring (bicyclic) bond motifs is 4. The fraction of sp³-hybridized carbons (Fsp3) is 0.526. The molecule has 4 rings (SSSR count). The van der Waals surface area contributed by atoms with Gasteiger partial charge in [0.15, 0.2) is 19.1 Å². The molecule has 0 radical (unpaired) electrons. The van der Waals surface area contributed by atoms with Gasteiger partial charge in [-0.1, -0.05) is 0 Å². The Kier molecular flexibility index (Phi) is 4.96. The van der Waals surface area contributed by atoms with Crippen LogP contribution in [0.25, 0.3) is 0 Å². The number of rotatable bonds is 4. The average molecular weight is 415 g/mol. The first kappa shape index (κ1) is 19.9. The summed E-state index contributed by atoms with van der Waals surface area (Å²) in [7, 11) is 9.09. The molecule has 0 unspecified atom stereocenters. The van der Waals surface area contributed by atoms with Crippen LogP contribution in [0.2, 0.25) is 0 Å². The van der Waals surface area contributed by atoms with Crippen molar-refractivity contribution >= 4 is 17.8 Å². The van der Waals surface area contributed by atoms with Crippen LogP contribution in [0, 0.1) is 0 Å². The molecule has 1 saturated heterocycles. The molecule has 0 saturated carbocycles. The Hall–Kier alpha value is -3.37. The summed E-state index contributed by atoms with van der Waals surface area (Å²) in [5, 5.41) is 4.37. The largest absolute Gasteiger partial charge is 0.342 e. The summed E-state index contributed by atoms with van der Waals surface area (Å²) in [5.74, 6) is -0.00662. The van der Waals surface area contributed by atoms with Crippen molar-refractivity contribution in [2.24, 2.45) is 26.1 Å². The van der Waals surface area contributed by atoms with Gasteiger partial charge in [-0.15, -0.1) is 4.68 Å². The van der Waals surface area contributed by atoms with Crippen molar-refractivity contribution in [1.29, 1.82) is 0 Å². The lowest BCUT2D eigenvalue weighted by Crippen LogP contribution is -2.45. The van der Waals surface area contributed by atoms with Gasteiger partial charge in [-0.25, -0.2) is 15.1 Å². The number of amides is 2. The third-order valence-electron chi connectivity index (χ3n) is 5.92. The predicted octanol–water partition coefficient (Wildman–Crippen LogP) is -0.245. The van der Waals surface area contributed by atoms with Crippen LogP contribution in [0.5, 0.6) is 0 Å². The van der Waals surface area contributed by atoms with Gasteiger partial charge in [-0.2, -0.15) is 9.78 Å². The molecule has 1 fully saturated rings. The predicted molar refractivity (Wildman–Crippen MR) is 106 cm³/mol. The van der Waals surface area contributed by atoms with E-state index in [0.717, 1.165) is 16.8 Å². The summed E-state index contributed by atoms with van der Waals surface area (Å²) < 4.78 is 5.62. The van der Waals surface area contributed by atoms with E-state index in [4.69, 9.17) is 4.84 Å². The SMILES string of the molecule is CN=C(NOC(=O)CCc1cn(C)[n+](C)c1)[C@@H]1c2c(cnn2C)[C@@H]2CN1C(=O)N2C. The number of nitrogens with zero attached hydrogens (tertiary/aromatic N) is 7. The molecule has 4 heterocycles. The number of aromatic nitrogens is 4. The molecule has 2 aliphatic rings. The second-order valence-corrected chi connectivity index (χ2v) is 7.74. The van der Waals surface area contributed by atoms with Gasteiger partial charge in [0.1, 0.15) is 6.04 Å². The molecule has 2 amide bonds. The quantitative estimate of drug-likeness (QED) is 0.321. The number of urea groups is 1. The average Bonchev–Trinajstić information content (AvgIpc) is 3.34. The van der Waals surface area contributed by atoms with Crippen molar-refractivity contribution in [1.82, 2.24) is 29.7 Å². The molecule has 0 aromatic carbocycles. The van der Waals surface area contributed by atoms with Crippen LogP contribution >= 0.6 is 0 Å². The fourth-order valence-corrected chi connectivity index (χ4v) is 4.18. The van der Waals surface area contributed by atoms with E-state index in [0.29, 0.717) is 18.8 Å². The lowest BCUT2D eigenvalue weighted by Gasteiger charge is -2.32. The zero-order chi connectivity index (χ0) is 21.6. The van der Waals surface area contributed by atoms with E-state index in [9.17, 15) is 9.59 Å². The third kappa shape index (κ3) is 3.19. The van der Waals surface area contributed by atoms with Crippen LogP contribution in [-0.4, -0.2) is 62.7 Å². The minimum Gasteiger partial charge on any atom is -0.342 e. The maximum absolute atomic E-state index is 12.8. The van der Waals surface area contributed by atoms with Gasteiger partial charge in [0.25, 0.3) is 0 Å². The van der Waals surface area contributed by atoms with Crippen LogP contribution < -0.4 is 10.2 Å². The van der Waals surface area contributed by atoms with Crippen molar-refractivity contribution in [3.63, 3.8) is 0 Å². The molecule has 2 bridgehead atoms. The van der Waals surface area contributed by atoms with Crippen LogP contribution in [0.1, 0.15) is 35.3 Å². The van der Waals surface area contributed by atoms with E-state index in [1.165, 1.54) is 0 Å². The van der Waals surface area contributed by atoms with E-state index < -0.39 is 12.0 Å². The van der Waals surface area contributed by atoms with Gasteiger partial charge in [0.05, 0.1) is 37.6 Å². The van der Waals surface area contributed by atoms with Crippen LogP contribution in [0.3, 0.4) is 0 Å². The van der Waals surface area contributed by atoms with Crippen LogP contribution in [0.4, 0.5) is 4.79 Å². The zero-order valence-electron chi connectivity index (χ0n) is 17.9. The lowest BCUT2D eigenvalue weighted by atomic mass is 9.97. The Morgan fingerprint density at radius 3 is 2.83 bits per heavy atom. The molecule has 11 heteroatoms. The molecule has 160 valence electrons. The third-order valence-corrected chi connectivity index (χ3v) is 5.92. The van der Waals surface area contributed by atoms with Crippen LogP contribution in [-0.2, 0) is 37.2 Å². The van der Waals surface area contributed by atoms with Gasteiger partial charge in [-0.05, 0) is 6.42 Å². The molecule has 2 aromatic rings. The number of aliphatic imine (C=N–C) groups is 1. The van der Waals surface area contributed by atoms with E-state index in [-0.39, 0.29) is 18.5 Å². The fourth-order valence-electron chi connectivity index (χ4n) is 4.18. The van der Waals surface area contributed by atoms with E-state index in [1.807, 2.05) is 42.9 Å². The Labute approximate surface area is 174 Å². The first-order valence-corrected chi connectivity index (χ1v) is 9.80. The number of carbonyl (C=O) groups is 2. The maximum atomic E-state index is 12.8. The van der Waals surface area contributed by atoms with Crippen molar-refractivity contribution in [2.45, 2.75) is 24.9 Å². The number of hydroxylamine groups is 1. The molecular weight excluding hydrogens is 388 g/mol. The minimum atomic E-state index is -0.493. The number of hydrogen-bond donors (Lipinski definition) is 1. The summed E-state index contributed by atoms with van der Waals surface area (Å²) >= 11 is 0. The van der Waals surface area contributed by atoms with E-state index >= 15 is 0 Å². The number of likely N-dealkylation sites (N-methyl/N-ethyl adjacent to an activating group) is 1. The van der Waals surface area contributed by atoms with Gasteiger partial charge in [-0.3, -0.25) is 9.67 Å². The molecule has 1 N–H and O–H groups in total. The molecule has 0 aliphatic carbocycles. The molecule has 2 atom stereocenters. The van der Waals surface area contributed by atoms with Crippen molar-refractivity contribution < 1.29 is 19.1 Å².